The summed E-state index contributed by atoms with van der Waals surface area (Å²) in [5, 5.41) is 1.29. The van der Waals surface area contributed by atoms with Gasteiger partial charge in [0.2, 0.25) is 22.3 Å². The van der Waals surface area contributed by atoms with Crippen molar-refractivity contribution in [3.8, 4) is 11.5 Å². The van der Waals surface area contributed by atoms with E-state index in [-0.39, 0.29) is 5.91 Å². The Morgan fingerprint density at radius 1 is 0.809 bits per heavy atom. The molecule has 0 unspecified atom stereocenters. The van der Waals surface area contributed by atoms with E-state index in [0.29, 0.717) is 49.5 Å². The van der Waals surface area contributed by atoms with Crippen LogP contribution in [0.15, 0.2) is 97.1 Å². The van der Waals surface area contributed by atoms with Crippen molar-refractivity contribution in [3.63, 3.8) is 0 Å². The van der Waals surface area contributed by atoms with Crippen LogP contribution in [0.4, 0.5) is 11.4 Å². The molecule has 0 aliphatic carbocycles. The standard InChI is InChI=1S/C37H44N4O5S/c1-28-34(39-47(5,44)45)14-10-15-35(28)40(25-30-11-7-6-8-12-30)26-31-19-23-33(24-20-31)46-32-21-17-29(18-22-32)13-9-16-36(43)38-41(27-42)37(2,3)4/h6-8,10-12,14-15,17-24,27,39H,9,13,16,25-26H2,1-5H3,(H,38,43). The number of carbonyl (C=O) groups excluding carboxylic acids is 2. The van der Waals surface area contributed by atoms with E-state index in [4.69, 9.17) is 4.74 Å². The first-order valence-electron chi connectivity index (χ1n) is 15.6. The van der Waals surface area contributed by atoms with Crippen LogP contribution < -0.4 is 19.8 Å². The normalized spacial score (nSPS) is 11.4. The molecule has 10 heteroatoms. The predicted molar refractivity (Wildman–Crippen MR) is 188 cm³/mol. The maximum Gasteiger partial charge on any atom is 0.238 e. The molecule has 0 spiro atoms. The topological polar surface area (TPSA) is 108 Å². The minimum absolute atomic E-state index is 0.189. The molecule has 0 fully saturated rings. The lowest BCUT2D eigenvalue weighted by Crippen LogP contribution is -2.51. The van der Waals surface area contributed by atoms with Crippen molar-refractivity contribution >= 4 is 33.7 Å². The number of carbonyl (C=O) groups is 2. The molecule has 4 aromatic carbocycles. The number of amides is 2. The van der Waals surface area contributed by atoms with E-state index in [1.165, 1.54) is 5.01 Å². The predicted octanol–water partition coefficient (Wildman–Crippen LogP) is 6.98. The lowest BCUT2D eigenvalue weighted by atomic mass is 10.1. The zero-order chi connectivity index (χ0) is 34.0. The van der Waals surface area contributed by atoms with Crippen molar-refractivity contribution in [1.82, 2.24) is 10.4 Å². The molecule has 0 saturated carbocycles. The molecule has 0 aliphatic heterocycles. The first-order valence-corrected chi connectivity index (χ1v) is 17.5. The van der Waals surface area contributed by atoms with Gasteiger partial charge in [0.05, 0.1) is 17.5 Å². The highest BCUT2D eigenvalue weighted by Gasteiger charge is 2.21. The summed E-state index contributed by atoms with van der Waals surface area (Å²) in [4.78, 5) is 25.8. The summed E-state index contributed by atoms with van der Waals surface area (Å²) in [5.41, 5.74) is 7.84. The van der Waals surface area contributed by atoms with Gasteiger partial charge in [-0.25, -0.2) is 8.42 Å². The summed E-state index contributed by atoms with van der Waals surface area (Å²) in [7, 11) is -3.42. The number of anilines is 2. The highest BCUT2D eigenvalue weighted by molar-refractivity contribution is 7.92. The molecule has 0 heterocycles. The van der Waals surface area contributed by atoms with E-state index in [1.807, 2.05) is 107 Å². The van der Waals surface area contributed by atoms with Crippen LogP contribution in [0.25, 0.3) is 0 Å². The number of hydrogen-bond acceptors (Lipinski definition) is 6. The van der Waals surface area contributed by atoms with Gasteiger partial charge >= 0.3 is 0 Å². The fraction of sp³-hybridized carbons (Fsp3) is 0.297. The second kappa shape index (κ2) is 15.6. The lowest BCUT2D eigenvalue weighted by molar-refractivity contribution is -0.138. The van der Waals surface area contributed by atoms with Crippen LogP contribution in [0.5, 0.6) is 11.5 Å². The molecule has 0 saturated heterocycles. The number of hydrazine groups is 1. The first-order chi connectivity index (χ1) is 22.3. The van der Waals surface area contributed by atoms with Crippen LogP contribution in [-0.4, -0.2) is 37.5 Å². The number of sulfonamides is 1. The maximum absolute atomic E-state index is 12.3. The zero-order valence-corrected chi connectivity index (χ0v) is 28.5. The Morgan fingerprint density at radius 3 is 1.94 bits per heavy atom. The van der Waals surface area contributed by atoms with Gasteiger partial charge in [-0.05, 0) is 99.2 Å². The largest absolute Gasteiger partial charge is 0.457 e. The lowest BCUT2D eigenvalue weighted by Gasteiger charge is -2.31. The summed E-state index contributed by atoms with van der Waals surface area (Å²) in [5.74, 6) is 1.23. The van der Waals surface area contributed by atoms with Crippen molar-refractivity contribution in [1.29, 1.82) is 0 Å². The maximum atomic E-state index is 12.3. The number of aryl methyl sites for hydroxylation is 1. The SMILES string of the molecule is Cc1c(NS(C)(=O)=O)cccc1N(Cc1ccccc1)Cc1ccc(Oc2ccc(CCCC(=O)NN(C=O)C(C)(C)C)cc2)cc1. The molecule has 0 radical (unpaired) electrons. The monoisotopic (exact) mass is 656 g/mol. The molecule has 0 bridgehead atoms. The molecule has 0 aliphatic rings. The van der Waals surface area contributed by atoms with Crippen LogP contribution in [0.3, 0.4) is 0 Å². The van der Waals surface area contributed by atoms with Crippen molar-refractivity contribution in [2.45, 2.75) is 65.6 Å². The first kappa shape index (κ1) is 35.0. The van der Waals surface area contributed by atoms with Gasteiger partial charge in [-0.1, -0.05) is 60.7 Å². The summed E-state index contributed by atoms with van der Waals surface area (Å²) in [6, 6.07) is 31.6. The molecule has 4 rings (SSSR count). The Morgan fingerprint density at radius 2 is 1.38 bits per heavy atom. The molecule has 0 aromatic heterocycles. The van der Waals surface area contributed by atoms with Gasteiger partial charge in [-0.3, -0.25) is 24.7 Å². The minimum atomic E-state index is -3.42. The number of nitrogens with one attached hydrogen (secondary N) is 2. The Labute approximate surface area is 278 Å². The molecule has 2 N–H and O–H groups in total. The summed E-state index contributed by atoms with van der Waals surface area (Å²) < 4.78 is 32.7. The Kier molecular flexibility index (Phi) is 11.7. The van der Waals surface area contributed by atoms with Crippen LogP contribution in [0.2, 0.25) is 0 Å². The third-order valence-electron chi connectivity index (χ3n) is 7.56. The molecular weight excluding hydrogens is 612 g/mol. The molecule has 248 valence electrons. The van der Waals surface area contributed by atoms with E-state index in [9.17, 15) is 18.0 Å². The Balaban J connectivity index is 1.37. The van der Waals surface area contributed by atoms with Crippen molar-refractivity contribution in [2.75, 3.05) is 15.9 Å². The average molecular weight is 657 g/mol. The van der Waals surface area contributed by atoms with E-state index < -0.39 is 15.6 Å². The molecule has 2 amide bonds. The second-order valence-electron chi connectivity index (χ2n) is 12.6. The smallest absolute Gasteiger partial charge is 0.238 e. The second-order valence-corrected chi connectivity index (χ2v) is 14.3. The van der Waals surface area contributed by atoms with Crippen LogP contribution in [0, 0.1) is 6.92 Å². The van der Waals surface area contributed by atoms with E-state index in [0.717, 1.165) is 40.6 Å². The average Bonchev–Trinajstić information content (AvgIpc) is 3.02. The summed E-state index contributed by atoms with van der Waals surface area (Å²) in [6.07, 6.45) is 3.49. The third kappa shape index (κ3) is 10.9. The van der Waals surface area contributed by atoms with E-state index in [2.05, 4.69) is 27.2 Å². The quantitative estimate of drug-likeness (QED) is 0.106. The van der Waals surface area contributed by atoms with Gasteiger partial charge in [0.15, 0.2) is 0 Å². The summed E-state index contributed by atoms with van der Waals surface area (Å²) >= 11 is 0. The van der Waals surface area contributed by atoms with Crippen molar-refractivity contribution in [2.24, 2.45) is 0 Å². The molecule has 9 nitrogen and oxygen atoms in total. The fourth-order valence-electron chi connectivity index (χ4n) is 5.05. The Hall–Kier alpha value is -4.83. The van der Waals surface area contributed by atoms with Crippen LogP contribution in [0.1, 0.15) is 55.9 Å². The van der Waals surface area contributed by atoms with Crippen LogP contribution >= 0.6 is 0 Å². The van der Waals surface area contributed by atoms with Gasteiger partial charge in [0.1, 0.15) is 11.5 Å². The molecule has 4 aromatic rings. The highest BCUT2D eigenvalue weighted by Crippen LogP contribution is 2.31. The van der Waals surface area contributed by atoms with Gasteiger partial charge in [0, 0.05) is 25.2 Å². The Bertz CT molecular complexity index is 1740. The fourth-order valence-corrected chi connectivity index (χ4v) is 5.67. The van der Waals surface area contributed by atoms with Gasteiger partial charge in [-0.2, -0.15) is 0 Å². The van der Waals surface area contributed by atoms with Gasteiger partial charge < -0.3 is 9.64 Å². The number of hydrogen-bond donors (Lipinski definition) is 2. The molecule has 0 atom stereocenters. The van der Waals surface area contributed by atoms with Gasteiger partial charge in [-0.15, -0.1) is 0 Å². The van der Waals surface area contributed by atoms with E-state index >= 15 is 0 Å². The molecular formula is C37H44N4O5S. The number of ether oxygens (including phenoxy) is 1. The number of rotatable bonds is 15. The van der Waals surface area contributed by atoms with Crippen molar-refractivity contribution in [3.05, 3.63) is 119 Å². The minimum Gasteiger partial charge on any atom is -0.457 e. The number of nitrogens with zero attached hydrogens (tertiary/aromatic N) is 2. The summed E-state index contributed by atoms with van der Waals surface area (Å²) in [6.45, 7) is 8.74. The van der Waals surface area contributed by atoms with Crippen LogP contribution in [-0.2, 0) is 39.1 Å². The molecule has 47 heavy (non-hydrogen) atoms. The van der Waals surface area contributed by atoms with E-state index in [1.54, 1.807) is 6.07 Å². The highest BCUT2D eigenvalue weighted by atomic mass is 32.2. The zero-order valence-electron chi connectivity index (χ0n) is 27.7. The van der Waals surface area contributed by atoms with Gasteiger partial charge in [0.25, 0.3) is 0 Å². The number of benzene rings is 4. The third-order valence-corrected chi connectivity index (χ3v) is 8.15. The van der Waals surface area contributed by atoms with Crippen molar-refractivity contribution < 1.29 is 22.7 Å².